The first-order valence-corrected chi connectivity index (χ1v) is 6.54. The smallest absolute Gasteiger partial charge is 0.401 e. The van der Waals surface area contributed by atoms with E-state index in [-0.39, 0.29) is 12.6 Å². The second-order valence-corrected chi connectivity index (χ2v) is 5.04. The molecule has 0 unspecified atom stereocenters. The lowest BCUT2D eigenvalue weighted by molar-refractivity contribution is -0.152. The van der Waals surface area contributed by atoms with Crippen LogP contribution in [0.25, 0.3) is 0 Å². The first-order chi connectivity index (χ1) is 9.35. The predicted molar refractivity (Wildman–Crippen MR) is 72.8 cm³/mol. The molecular formula is C13H22F3N3O. The van der Waals surface area contributed by atoms with Crippen molar-refractivity contribution in [1.29, 1.82) is 0 Å². The first-order valence-electron chi connectivity index (χ1n) is 6.54. The molecule has 1 saturated heterocycles. The van der Waals surface area contributed by atoms with Crippen LogP contribution in [0, 0.1) is 0 Å². The highest BCUT2D eigenvalue weighted by atomic mass is 19.4. The third-order valence-electron chi connectivity index (χ3n) is 3.44. The summed E-state index contributed by atoms with van der Waals surface area (Å²) in [5.41, 5.74) is 0. The van der Waals surface area contributed by atoms with Crippen LogP contribution in [0.1, 0.15) is 12.8 Å². The molecule has 0 N–H and O–H groups in total. The summed E-state index contributed by atoms with van der Waals surface area (Å²) in [6, 6.07) is -0.0869. The molecule has 20 heavy (non-hydrogen) atoms. The van der Waals surface area contributed by atoms with Gasteiger partial charge in [-0.05, 0) is 39.7 Å². The van der Waals surface area contributed by atoms with Gasteiger partial charge in [-0.3, -0.25) is 9.89 Å². The van der Waals surface area contributed by atoms with Crippen LogP contribution >= 0.6 is 0 Å². The van der Waals surface area contributed by atoms with Crippen LogP contribution in [-0.4, -0.2) is 69.1 Å². The van der Waals surface area contributed by atoms with Gasteiger partial charge in [0.1, 0.15) is 5.76 Å². The number of methoxy groups -OCH3 is 1. The lowest BCUT2D eigenvalue weighted by atomic mass is 10.0. The van der Waals surface area contributed by atoms with Crippen molar-refractivity contribution in [2.75, 3.05) is 40.3 Å². The second kappa shape index (κ2) is 7.64. The number of aliphatic imine (C=N–C) groups is 1. The van der Waals surface area contributed by atoms with Gasteiger partial charge >= 0.3 is 6.18 Å². The molecule has 1 aliphatic rings. The molecule has 0 spiro atoms. The summed E-state index contributed by atoms with van der Waals surface area (Å²) in [7, 11) is 3.41. The molecule has 0 aliphatic carbocycles. The number of halogens is 3. The van der Waals surface area contributed by atoms with E-state index in [0.717, 1.165) is 25.9 Å². The molecule has 1 heterocycles. The third kappa shape index (κ3) is 5.92. The molecular weight excluding hydrogens is 271 g/mol. The minimum absolute atomic E-state index is 0.0869. The highest BCUT2D eigenvalue weighted by molar-refractivity contribution is 5.26. The van der Waals surface area contributed by atoms with Crippen molar-refractivity contribution in [1.82, 2.24) is 9.80 Å². The van der Waals surface area contributed by atoms with Crippen molar-refractivity contribution in [3.63, 3.8) is 0 Å². The van der Waals surface area contributed by atoms with Crippen molar-refractivity contribution < 1.29 is 17.9 Å². The Labute approximate surface area is 117 Å². The number of hydrogen-bond donors (Lipinski definition) is 0. The largest absolute Gasteiger partial charge is 0.498 e. The van der Waals surface area contributed by atoms with Gasteiger partial charge in [0.25, 0.3) is 0 Å². The molecule has 4 nitrogen and oxygen atoms in total. The van der Waals surface area contributed by atoms with E-state index in [1.807, 2.05) is 7.05 Å². The highest BCUT2D eigenvalue weighted by Crippen LogP contribution is 2.23. The van der Waals surface area contributed by atoms with Crippen molar-refractivity contribution in [2.45, 2.75) is 25.1 Å². The summed E-state index contributed by atoms with van der Waals surface area (Å²) in [6.07, 6.45) is -1.40. The number of alkyl halides is 3. The molecule has 1 aliphatic heterocycles. The van der Waals surface area contributed by atoms with Crippen molar-refractivity contribution in [2.24, 2.45) is 4.99 Å². The van der Waals surface area contributed by atoms with Gasteiger partial charge in [0.15, 0.2) is 0 Å². The molecule has 0 amide bonds. The summed E-state index contributed by atoms with van der Waals surface area (Å²) in [4.78, 5) is 7.11. The molecule has 0 saturated carbocycles. The Hall–Kier alpha value is -1.08. The fraction of sp³-hybridized carbons (Fsp3) is 0.769. The fourth-order valence-corrected chi connectivity index (χ4v) is 2.36. The van der Waals surface area contributed by atoms with Gasteiger partial charge in [-0.25, -0.2) is 0 Å². The average molecular weight is 293 g/mol. The van der Waals surface area contributed by atoms with E-state index in [9.17, 15) is 13.2 Å². The van der Waals surface area contributed by atoms with Crippen LogP contribution in [0.2, 0.25) is 0 Å². The van der Waals surface area contributed by atoms with Crippen molar-refractivity contribution in [3.05, 3.63) is 12.0 Å². The number of likely N-dealkylation sites (tertiary alicyclic amines) is 1. The Morgan fingerprint density at radius 3 is 2.50 bits per heavy atom. The molecule has 0 aromatic rings. The maximum absolute atomic E-state index is 12.7. The molecule has 7 heteroatoms. The Morgan fingerprint density at radius 2 is 2.05 bits per heavy atom. The molecule has 116 valence electrons. The van der Waals surface area contributed by atoms with Crippen molar-refractivity contribution in [3.8, 4) is 0 Å². The molecule has 0 bridgehead atoms. The Balaban J connectivity index is 2.74. The van der Waals surface area contributed by atoms with E-state index in [0.29, 0.717) is 5.76 Å². The summed E-state index contributed by atoms with van der Waals surface area (Å²) in [5.74, 6) is 0.392. The second-order valence-electron chi connectivity index (χ2n) is 5.04. The molecule has 0 aromatic heterocycles. The molecule has 0 radical (unpaired) electrons. The normalized spacial score (nSPS) is 19.4. The summed E-state index contributed by atoms with van der Waals surface area (Å²) in [5, 5.41) is 0. The average Bonchev–Trinajstić information content (AvgIpc) is 2.36. The molecule has 0 atom stereocenters. The topological polar surface area (TPSA) is 28.1 Å². The summed E-state index contributed by atoms with van der Waals surface area (Å²) in [6.45, 7) is 4.09. The zero-order valence-electron chi connectivity index (χ0n) is 12.0. The minimum Gasteiger partial charge on any atom is -0.498 e. The van der Waals surface area contributed by atoms with Crippen LogP contribution in [-0.2, 0) is 4.74 Å². The number of hydrogen-bond acceptors (Lipinski definition) is 4. The first kappa shape index (κ1) is 17.0. The van der Waals surface area contributed by atoms with E-state index in [4.69, 9.17) is 4.74 Å². The Kier molecular flexibility index (Phi) is 6.48. The van der Waals surface area contributed by atoms with E-state index < -0.39 is 12.7 Å². The lowest BCUT2D eigenvalue weighted by Crippen LogP contribution is -2.48. The number of piperidine rings is 1. The van der Waals surface area contributed by atoms with Gasteiger partial charge in [0, 0.05) is 6.04 Å². The molecule has 1 fully saturated rings. The highest BCUT2D eigenvalue weighted by Gasteiger charge is 2.35. The van der Waals surface area contributed by atoms with Gasteiger partial charge in [-0.2, -0.15) is 13.2 Å². The quantitative estimate of drug-likeness (QED) is 0.555. The van der Waals surface area contributed by atoms with Crippen molar-refractivity contribution >= 4 is 6.72 Å². The SMILES string of the molecule is C=N/C=C(/CN(CC(F)(F)F)C1CCN(C)CC1)OC. The maximum Gasteiger partial charge on any atom is 0.401 e. The van der Waals surface area contributed by atoms with Crippen LogP contribution in [0.3, 0.4) is 0 Å². The minimum atomic E-state index is -4.22. The van der Waals surface area contributed by atoms with E-state index >= 15 is 0 Å². The van der Waals surface area contributed by atoms with Crippen LogP contribution < -0.4 is 0 Å². The number of nitrogens with zero attached hydrogens (tertiary/aromatic N) is 3. The van der Waals surface area contributed by atoms with Crippen LogP contribution in [0.5, 0.6) is 0 Å². The molecule has 1 rings (SSSR count). The molecule has 0 aromatic carbocycles. The van der Waals surface area contributed by atoms with Crippen LogP contribution in [0.15, 0.2) is 17.0 Å². The standard InChI is InChI=1S/C13H22F3N3O/c1-17-8-12(20-3)9-19(10-13(14,15)16)11-4-6-18(2)7-5-11/h8,11H,1,4-7,9-10H2,2-3H3/b12-8-. The van der Waals surface area contributed by atoms with Gasteiger partial charge < -0.3 is 9.64 Å². The van der Waals surface area contributed by atoms with E-state index in [2.05, 4.69) is 16.6 Å². The summed E-state index contributed by atoms with van der Waals surface area (Å²) >= 11 is 0. The van der Waals surface area contributed by atoms with E-state index in [1.165, 1.54) is 18.2 Å². The number of rotatable bonds is 6. The number of ether oxygens (including phenoxy) is 1. The van der Waals surface area contributed by atoms with Gasteiger partial charge in [0.05, 0.1) is 26.4 Å². The summed E-state index contributed by atoms with van der Waals surface area (Å²) < 4.78 is 43.2. The Morgan fingerprint density at radius 1 is 1.45 bits per heavy atom. The fourth-order valence-electron chi connectivity index (χ4n) is 2.36. The third-order valence-corrected chi connectivity index (χ3v) is 3.44. The lowest BCUT2D eigenvalue weighted by Gasteiger charge is -2.37. The van der Waals surface area contributed by atoms with E-state index in [1.54, 1.807) is 0 Å². The van der Waals surface area contributed by atoms with Gasteiger partial charge in [-0.1, -0.05) is 0 Å². The maximum atomic E-state index is 12.7. The van der Waals surface area contributed by atoms with Crippen LogP contribution in [0.4, 0.5) is 13.2 Å². The van der Waals surface area contributed by atoms with Gasteiger partial charge in [0.2, 0.25) is 0 Å². The predicted octanol–water partition coefficient (Wildman–Crippen LogP) is 2.13. The zero-order chi connectivity index (χ0) is 15.2. The zero-order valence-corrected chi connectivity index (χ0v) is 12.0. The monoisotopic (exact) mass is 293 g/mol. The van der Waals surface area contributed by atoms with Gasteiger partial charge in [-0.15, -0.1) is 0 Å². The Bertz CT molecular complexity index is 336.